The van der Waals surface area contributed by atoms with E-state index in [1.807, 2.05) is 0 Å². The summed E-state index contributed by atoms with van der Waals surface area (Å²) in [5.41, 5.74) is 9.38. The summed E-state index contributed by atoms with van der Waals surface area (Å²) < 4.78 is 0. The SMILES string of the molecule is CC1=C(C(C)(C)C2C=CC=C2)C2=CC3=C(CCCC3)C(Br)C2=C1. The van der Waals surface area contributed by atoms with Gasteiger partial charge in [-0.1, -0.05) is 66.2 Å². The molecule has 0 heterocycles. The van der Waals surface area contributed by atoms with Gasteiger partial charge in [0.05, 0.1) is 4.83 Å². The van der Waals surface area contributed by atoms with Crippen LogP contribution in [0.25, 0.3) is 0 Å². The Morgan fingerprint density at radius 1 is 1.04 bits per heavy atom. The van der Waals surface area contributed by atoms with E-state index in [0.29, 0.717) is 10.7 Å². The van der Waals surface area contributed by atoms with Gasteiger partial charge in [-0.25, -0.2) is 0 Å². The van der Waals surface area contributed by atoms with Gasteiger partial charge in [-0.3, -0.25) is 0 Å². The molecule has 0 N–H and O–H groups in total. The molecule has 1 atom stereocenters. The van der Waals surface area contributed by atoms with Gasteiger partial charge in [0.25, 0.3) is 0 Å². The predicted octanol–water partition coefficient (Wildman–Crippen LogP) is 6.59. The van der Waals surface area contributed by atoms with Crippen LogP contribution in [-0.4, -0.2) is 4.83 Å². The van der Waals surface area contributed by atoms with Crippen molar-refractivity contribution >= 4 is 15.9 Å². The van der Waals surface area contributed by atoms with Crippen molar-refractivity contribution in [3.63, 3.8) is 0 Å². The Morgan fingerprint density at radius 3 is 2.48 bits per heavy atom. The number of allylic oxidation sites excluding steroid dienone is 12. The molecule has 4 aliphatic rings. The quantitative estimate of drug-likeness (QED) is 0.482. The molecular weight excluding hydrogens is 344 g/mol. The van der Waals surface area contributed by atoms with Gasteiger partial charge in [-0.15, -0.1) is 0 Å². The summed E-state index contributed by atoms with van der Waals surface area (Å²) in [7, 11) is 0. The summed E-state index contributed by atoms with van der Waals surface area (Å²) in [5.74, 6) is 0.497. The van der Waals surface area contributed by atoms with Crippen molar-refractivity contribution in [2.75, 3.05) is 0 Å². The van der Waals surface area contributed by atoms with Crippen molar-refractivity contribution in [2.24, 2.45) is 11.3 Å². The maximum atomic E-state index is 4.02. The van der Waals surface area contributed by atoms with E-state index in [0.717, 1.165) is 0 Å². The number of alkyl halides is 1. The first kappa shape index (κ1) is 15.4. The van der Waals surface area contributed by atoms with Gasteiger partial charge < -0.3 is 0 Å². The molecule has 0 spiro atoms. The lowest BCUT2D eigenvalue weighted by atomic mass is 9.68. The predicted molar refractivity (Wildman–Crippen MR) is 103 cm³/mol. The molecule has 4 aliphatic carbocycles. The minimum absolute atomic E-state index is 0.136. The molecule has 0 amide bonds. The maximum Gasteiger partial charge on any atom is 0.0616 e. The summed E-state index contributed by atoms with van der Waals surface area (Å²) in [6.45, 7) is 7.11. The fourth-order valence-electron chi connectivity index (χ4n) is 4.81. The van der Waals surface area contributed by atoms with E-state index in [9.17, 15) is 0 Å². The zero-order valence-electron chi connectivity index (χ0n) is 14.3. The minimum atomic E-state index is 0.136. The Bertz CT molecular complexity index is 722. The van der Waals surface area contributed by atoms with E-state index in [4.69, 9.17) is 0 Å². The number of fused-ring (bicyclic) bond motifs is 1. The van der Waals surface area contributed by atoms with E-state index in [1.165, 1.54) is 42.4 Å². The summed E-state index contributed by atoms with van der Waals surface area (Å²) in [4.78, 5) is 0.427. The van der Waals surface area contributed by atoms with Crippen LogP contribution in [-0.2, 0) is 0 Å². The van der Waals surface area contributed by atoms with Gasteiger partial charge in [0.1, 0.15) is 0 Å². The lowest BCUT2D eigenvalue weighted by molar-refractivity contribution is 0.380. The van der Waals surface area contributed by atoms with Crippen LogP contribution >= 0.6 is 15.9 Å². The number of rotatable bonds is 2. The third-order valence-corrected chi connectivity index (χ3v) is 7.07. The number of halogens is 1. The molecule has 0 aromatic carbocycles. The highest BCUT2D eigenvalue weighted by atomic mass is 79.9. The smallest absolute Gasteiger partial charge is 0.0616 e. The molecule has 0 fully saturated rings. The molecule has 0 aliphatic heterocycles. The van der Waals surface area contributed by atoms with Crippen LogP contribution in [0.2, 0.25) is 0 Å². The molecule has 0 saturated carbocycles. The minimum Gasteiger partial charge on any atom is -0.0790 e. The van der Waals surface area contributed by atoms with Crippen LogP contribution in [0, 0.1) is 11.3 Å². The van der Waals surface area contributed by atoms with Crippen LogP contribution in [0.3, 0.4) is 0 Å². The highest BCUT2D eigenvalue weighted by Crippen LogP contribution is 2.53. The van der Waals surface area contributed by atoms with E-state index in [2.05, 4.69) is 73.2 Å². The third kappa shape index (κ3) is 2.31. The van der Waals surface area contributed by atoms with Crippen LogP contribution < -0.4 is 0 Å². The van der Waals surface area contributed by atoms with Gasteiger partial charge in [-0.05, 0) is 66.0 Å². The summed E-state index contributed by atoms with van der Waals surface area (Å²) >= 11 is 4.02. The van der Waals surface area contributed by atoms with Crippen LogP contribution in [0.1, 0.15) is 46.5 Å². The van der Waals surface area contributed by atoms with Crippen molar-refractivity contribution in [3.8, 4) is 0 Å². The first-order valence-electron chi connectivity index (χ1n) is 8.86. The van der Waals surface area contributed by atoms with Gasteiger partial charge in [0, 0.05) is 11.3 Å². The Hall–Kier alpha value is -1.08. The summed E-state index contributed by atoms with van der Waals surface area (Å²) in [6, 6.07) is 0. The van der Waals surface area contributed by atoms with Crippen LogP contribution in [0.5, 0.6) is 0 Å². The molecule has 120 valence electrons. The molecule has 0 saturated heterocycles. The molecule has 1 unspecified atom stereocenters. The zero-order chi connectivity index (χ0) is 16.2. The number of hydrogen-bond acceptors (Lipinski definition) is 0. The summed E-state index contributed by atoms with van der Waals surface area (Å²) in [5, 5.41) is 0. The van der Waals surface area contributed by atoms with E-state index >= 15 is 0 Å². The monoisotopic (exact) mass is 368 g/mol. The fourth-order valence-corrected chi connectivity index (χ4v) is 5.71. The molecule has 1 heteroatoms. The fraction of sp³-hybridized carbons (Fsp3) is 0.455. The van der Waals surface area contributed by atoms with Crippen molar-refractivity contribution in [3.05, 3.63) is 69.9 Å². The van der Waals surface area contributed by atoms with Crippen molar-refractivity contribution in [1.82, 2.24) is 0 Å². The lowest BCUT2D eigenvalue weighted by Gasteiger charge is -2.36. The number of hydrogen-bond donors (Lipinski definition) is 0. The topological polar surface area (TPSA) is 0 Å². The van der Waals surface area contributed by atoms with Gasteiger partial charge in [-0.2, -0.15) is 0 Å². The highest BCUT2D eigenvalue weighted by molar-refractivity contribution is 9.09. The molecule has 0 aromatic heterocycles. The van der Waals surface area contributed by atoms with Crippen molar-refractivity contribution in [1.29, 1.82) is 0 Å². The standard InChI is InChI=1S/C22H25Br/c1-14-12-19-18(13-15-8-4-7-11-17(15)21(19)23)20(14)22(2,3)16-9-5-6-10-16/h5-6,9-10,12-13,16,21H,4,7-8,11H2,1-3H3. The molecule has 0 radical (unpaired) electrons. The second-order valence-corrected chi connectivity index (χ2v) is 8.77. The third-order valence-electron chi connectivity index (χ3n) is 6.02. The van der Waals surface area contributed by atoms with Crippen LogP contribution in [0.15, 0.2) is 69.9 Å². The first-order valence-corrected chi connectivity index (χ1v) is 9.78. The molecular formula is C22H25Br. The molecule has 0 bridgehead atoms. The second kappa shape index (κ2) is 5.48. The second-order valence-electron chi connectivity index (χ2n) is 7.85. The maximum absolute atomic E-state index is 4.02. The Labute approximate surface area is 148 Å². The molecule has 23 heavy (non-hydrogen) atoms. The van der Waals surface area contributed by atoms with Gasteiger partial charge in [0.15, 0.2) is 0 Å². The van der Waals surface area contributed by atoms with E-state index in [-0.39, 0.29) is 5.41 Å². The van der Waals surface area contributed by atoms with Crippen LogP contribution in [0.4, 0.5) is 0 Å². The highest BCUT2D eigenvalue weighted by Gasteiger charge is 2.40. The molecule has 4 rings (SSSR count). The van der Waals surface area contributed by atoms with E-state index in [1.54, 1.807) is 16.7 Å². The summed E-state index contributed by atoms with van der Waals surface area (Å²) in [6.07, 6.45) is 19.2. The normalized spacial score (nSPS) is 27.4. The Balaban J connectivity index is 1.80. The zero-order valence-corrected chi connectivity index (χ0v) is 15.9. The largest absolute Gasteiger partial charge is 0.0790 e. The average Bonchev–Trinajstić information content (AvgIpc) is 3.15. The van der Waals surface area contributed by atoms with Crippen molar-refractivity contribution < 1.29 is 0 Å². The van der Waals surface area contributed by atoms with Gasteiger partial charge >= 0.3 is 0 Å². The Kier molecular flexibility index (Phi) is 3.68. The molecule has 0 aromatic rings. The van der Waals surface area contributed by atoms with Crippen molar-refractivity contribution in [2.45, 2.75) is 51.3 Å². The Morgan fingerprint density at radius 2 is 1.74 bits per heavy atom. The average molecular weight is 369 g/mol. The lowest BCUT2D eigenvalue weighted by Crippen LogP contribution is -2.26. The van der Waals surface area contributed by atoms with Gasteiger partial charge in [0.2, 0.25) is 0 Å². The first-order chi connectivity index (χ1) is 11.0. The van der Waals surface area contributed by atoms with E-state index < -0.39 is 0 Å². The molecule has 0 nitrogen and oxygen atoms in total.